The summed E-state index contributed by atoms with van der Waals surface area (Å²) in [4.78, 5) is 10.9. The first kappa shape index (κ1) is 13.3. The smallest absolute Gasteiger partial charge is 0.405 e. The number of rotatable bonds is 1. The lowest BCUT2D eigenvalue weighted by Crippen LogP contribution is -2.40. The highest BCUT2D eigenvalue weighted by Gasteiger charge is 2.37. The molecule has 2 N–H and O–H groups in total. The lowest BCUT2D eigenvalue weighted by atomic mass is 9.70. The molecule has 1 atom stereocenters. The molecule has 0 bridgehead atoms. The zero-order valence-electron chi connectivity index (χ0n) is 10.3. The van der Waals surface area contributed by atoms with Crippen LogP contribution in [-0.2, 0) is 6.42 Å². The van der Waals surface area contributed by atoms with Crippen molar-refractivity contribution in [3.63, 3.8) is 0 Å². The Kier molecular flexibility index (Phi) is 3.36. The van der Waals surface area contributed by atoms with Crippen molar-refractivity contribution in [1.29, 1.82) is 0 Å². The standard InChI is InChI=1S/C13H15BrFNO2/c1-13(2)4-3-7-5-9(14)10(15)6-8(7)11(13)16-12(17)18/h5-6,11,16H,3-4H2,1-2H3,(H,17,18). The average Bonchev–Trinajstić information content (AvgIpc) is 2.25. The molecule has 1 aromatic rings. The van der Waals surface area contributed by atoms with Gasteiger partial charge in [-0.25, -0.2) is 9.18 Å². The van der Waals surface area contributed by atoms with Crippen molar-refractivity contribution >= 4 is 22.0 Å². The van der Waals surface area contributed by atoms with E-state index in [1.807, 2.05) is 13.8 Å². The minimum absolute atomic E-state index is 0.217. The molecule has 2 rings (SSSR count). The van der Waals surface area contributed by atoms with Gasteiger partial charge in [-0.05, 0) is 57.4 Å². The topological polar surface area (TPSA) is 49.3 Å². The molecule has 18 heavy (non-hydrogen) atoms. The number of amides is 1. The first-order valence-electron chi connectivity index (χ1n) is 5.78. The third-order valence-corrected chi connectivity index (χ3v) is 4.19. The molecule has 0 aromatic heterocycles. The summed E-state index contributed by atoms with van der Waals surface area (Å²) in [5.41, 5.74) is 1.53. The number of halogens is 2. The lowest BCUT2D eigenvalue weighted by molar-refractivity contribution is 0.161. The van der Waals surface area contributed by atoms with Gasteiger partial charge in [-0.2, -0.15) is 0 Å². The molecule has 0 aliphatic heterocycles. The first-order valence-corrected chi connectivity index (χ1v) is 6.58. The van der Waals surface area contributed by atoms with Crippen molar-refractivity contribution in [2.75, 3.05) is 0 Å². The van der Waals surface area contributed by atoms with Gasteiger partial charge >= 0.3 is 6.09 Å². The second-order valence-corrected chi connectivity index (χ2v) is 6.19. The first-order chi connectivity index (χ1) is 8.31. The highest BCUT2D eigenvalue weighted by molar-refractivity contribution is 9.10. The Morgan fingerprint density at radius 3 is 2.83 bits per heavy atom. The highest BCUT2D eigenvalue weighted by atomic mass is 79.9. The van der Waals surface area contributed by atoms with Gasteiger partial charge in [-0.3, -0.25) is 0 Å². The minimum Gasteiger partial charge on any atom is -0.465 e. The Morgan fingerprint density at radius 2 is 2.22 bits per heavy atom. The lowest BCUT2D eigenvalue weighted by Gasteiger charge is -2.40. The summed E-state index contributed by atoms with van der Waals surface area (Å²) in [5.74, 6) is -0.358. The molecule has 1 unspecified atom stereocenters. The van der Waals surface area contributed by atoms with Gasteiger partial charge in [0.1, 0.15) is 5.82 Å². The maximum Gasteiger partial charge on any atom is 0.405 e. The van der Waals surface area contributed by atoms with E-state index in [0.717, 1.165) is 24.0 Å². The number of fused-ring (bicyclic) bond motifs is 1. The zero-order chi connectivity index (χ0) is 13.5. The molecule has 1 aliphatic carbocycles. The van der Waals surface area contributed by atoms with E-state index in [-0.39, 0.29) is 17.3 Å². The van der Waals surface area contributed by atoms with Crippen LogP contribution >= 0.6 is 15.9 Å². The maximum atomic E-state index is 13.6. The largest absolute Gasteiger partial charge is 0.465 e. The quantitative estimate of drug-likeness (QED) is 0.826. The summed E-state index contributed by atoms with van der Waals surface area (Å²) in [5, 5.41) is 11.4. The predicted molar refractivity (Wildman–Crippen MR) is 70.1 cm³/mol. The second kappa shape index (κ2) is 4.53. The van der Waals surface area contributed by atoms with Crippen LogP contribution in [0.3, 0.4) is 0 Å². The van der Waals surface area contributed by atoms with Gasteiger partial charge in [0.05, 0.1) is 10.5 Å². The molecule has 0 radical (unpaired) electrons. The summed E-state index contributed by atoms with van der Waals surface area (Å²) in [6.07, 6.45) is 0.617. The van der Waals surface area contributed by atoms with Crippen molar-refractivity contribution in [1.82, 2.24) is 5.32 Å². The molecule has 3 nitrogen and oxygen atoms in total. The number of carbonyl (C=O) groups is 1. The third kappa shape index (κ3) is 2.36. The van der Waals surface area contributed by atoms with E-state index in [9.17, 15) is 9.18 Å². The van der Waals surface area contributed by atoms with E-state index < -0.39 is 6.09 Å². The maximum absolute atomic E-state index is 13.6. The number of hydrogen-bond acceptors (Lipinski definition) is 1. The van der Waals surface area contributed by atoms with Crippen LogP contribution in [0.15, 0.2) is 16.6 Å². The van der Waals surface area contributed by atoms with Gasteiger partial charge in [-0.15, -0.1) is 0 Å². The summed E-state index contributed by atoms with van der Waals surface area (Å²) in [7, 11) is 0. The van der Waals surface area contributed by atoms with E-state index in [1.54, 1.807) is 6.07 Å². The Labute approximate surface area is 114 Å². The molecule has 0 fully saturated rings. The van der Waals surface area contributed by atoms with Crippen molar-refractivity contribution in [3.8, 4) is 0 Å². The number of aryl methyl sites for hydroxylation is 1. The molecular formula is C13H15BrFNO2. The molecular weight excluding hydrogens is 301 g/mol. The summed E-state index contributed by atoms with van der Waals surface area (Å²) >= 11 is 3.16. The SMILES string of the molecule is CC1(C)CCc2cc(Br)c(F)cc2C1NC(=O)O. The van der Waals surface area contributed by atoms with Crippen molar-refractivity contribution < 1.29 is 14.3 Å². The monoisotopic (exact) mass is 315 g/mol. The van der Waals surface area contributed by atoms with Crippen LogP contribution in [0.4, 0.5) is 9.18 Å². The molecule has 0 spiro atoms. The van der Waals surface area contributed by atoms with Gasteiger partial charge < -0.3 is 10.4 Å². The summed E-state index contributed by atoms with van der Waals surface area (Å²) in [6.45, 7) is 3.99. The fourth-order valence-corrected chi connectivity index (χ4v) is 2.90. The van der Waals surface area contributed by atoms with Crippen LogP contribution in [0.2, 0.25) is 0 Å². The van der Waals surface area contributed by atoms with E-state index in [0.29, 0.717) is 4.47 Å². The van der Waals surface area contributed by atoms with Gasteiger partial charge in [-0.1, -0.05) is 13.8 Å². The van der Waals surface area contributed by atoms with E-state index in [2.05, 4.69) is 21.2 Å². The molecule has 0 heterocycles. The van der Waals surface area contributed by atoms with E-state index in [4.69, 9.17) is 5.11 Å². The van der Waals surface area contributed by atoms with Gasteiger partial charge in [0.15, 0.2) is 0 Å². The van der Waals surface area contributed by atoms with Crippen LogP contribution in [0.1, 0.15) is 37.4 Å². The summed E-state index contributed by atoms with van der Waals surface area (Å²) < 4.78 is 14.1. The minimum atomic E-state index is -1.08. The summed E-state index contributed by atoms with van der Waals surface area (Å²) in [6, 6.07) is 2.80. The number of carboxylic acid groups (broad SMARTS) is 1. The van der Waals surface area contributed by atoms with Crippen LogP contribution in [0.5, 0.6) is 0 Å². The Bertz CT molecular complexity index is 502. The van der Waals surface area contributed by atoms with Crippen molar-refractivity contribution in [2.24, 2.45) is 5.41 Å². The molecule has 1 aliphatic rings. The van der Waals surface area contributed by atoms with Gasteiger partial charge in [0, 0.05) is 0 Å². The zero-order valence-corrected chi connectivity index (χ0v) is 11.8. The second-order valence-electron chi connectivity index (χ2n) is 5.34. The molecule has 1 amide bonds. The van der Waals surface area contributed by atoms with Crippen LogP contribution < -0.4 is 5.32 Å². The molecule has 1 aromatic carbocycles. The predicted octanol–water partition coefficient (Wildman–Crippen LogP) is 3.87. The van der Waals surface area contributed by atoms with Crippen molar-refractivity contribution in [3.05, 3.63) is 33.5 Å². The molecule has 0 saturated carbocycles. The van der Waals surface area contributed by atoms with Crippen molar-refractivity contribution in [2.45, 2.75) is 32.7 Å². The van der Waals surface area contributed by atoms with E-state index in [1.165, 1.54) is 6.07 Å². The van der Waals surface area contributed by atoms with Gasteiger partial charge in [0.25, 0.3) is 0 Å². The van der Waals surface area contributed by atoms with Gasteiger partial charge in [0.2, 0.25) is 0 Å². The third-order valence-electron chi connectivity index (χ3n) is 3.58. The molecule has 0 saturated heterocycles. The average molecular weight is 316 g/mol. The Morgan fingerprint density at radius 1 is 1.56 bits per heavy atom. The normalized spacial score (nSPS) is 21.2. The fraction of sp³-hybridized carbons (Fsp3) is 0.462. The molecule has 98 valence electrons. The van der Waals surface area contributed by atoms with Crippen LogP contribution in [0, 0.1) is 11.2 Å². The number of hydrogen-bond donors (Lipinski definition) is 2. The van der Waals surface area contributed by atoms with E-state index >= 15 is 0 Å². The Balaban J connectivity index is 2.50. The van der Waals surface area contributed by atoms with Crippen LogP contribution in [0.25, 0.3) is 0 Å². The Hall–Kier alpha value is -1.10. The highest BCUT2D eigenvalue weighted by Crippen LogP contribution is 2.44. The molecule has 5 heteroatoms. The van der Waals surface area contributed by atoms with Crippen LogP contribution in [-0.4, -0.2) is 11.2 Å². The number of benzene rings is 1. The number of nitrogens with one attached hydrogen (secondary N) is 1. The fourth-order valence-electron chi connectivity index (χ4n) is 2.51.